The van der Waals surface area contributed by atoms with Crippen LogP contribution in [-0.4, -0.2) is 12.3 Å². The highest BCUT2D eigenvalue weighted by Gasteiger charge is 2.42. The summed E-state index contributed by atoms with van der Waals surface area (Å²) in [6, 6.07) is 0. The lowest BCUT2D eigenvalue weighted by Crippen LogP contribution is -2.23. The van der Waals surface area contributed by atoms with Crippen molar-refractivity contribution in [2.75, 3.05) is 6.61 Å². The largest absolute Gasteiger partial charge is 0.396 e. The fraction of sp³-hybridized carbons (Fsp3) is 0.909. The van der Waals surface area contributed by atoms with Crippen LogP contribution in [0.2, 0.25) is 0 Å². The second-order valence-electron chi connectivity index (χ2n) is 4.80. The first-order valence-electron chi connectivity index (χ1n) is 5.62. The molecule has 2 saturated carbocycles. The van der Waals surface area contributed by atoms with Crippen molar-refractivity contribution < 1.29 is 4.84 Å². The van der Waals surface area contributed by atoms with E-state index in [2.05, 4.69) is 5.16 Å². The molecule has 2 bridgehead atoms. The van der Waals surface area contributed by atoms with Crippen molar-refractivity contribution in [1.82, 2.24) is 0 Å². The van der Waals surface area contributed by atoms with Crippen LogP contribution in [0.1, 0.15) is 38.5 Å². The van der Waals surface area contributed by atoms with Crippen LogP contribution >= 0.6 is 0 Å². The molecule has 0 aromatic heterocycles. The lowest BCUT2D eigenvalue weighted by Gasteiger charge is -2.24. The van der Waals surface area contributed by atoms with Gasteiger partial charge in [-0.1, -0.05) is 11.6 Å². The van der Waals surface area contributed by atoms with E-state index in [1.807, 2.05) is 0 Å². The Hall–Kier alpha value is -0.530. The molecule has 1 aliphatic heterocycles. The maximum atomic E-state index is 5.19. The predicted molar refractivity (Wildman–Crippen MR) is 51.6 cm³/mol. The van der Waals surface area contributed by atoms with E-state index in [1.165, 1.54) is 44.2 Å². The van der Waals surface area contributed by atoms with Crippen LogP contribution < -0.4 is 0 Å². The van der Waals surface area contributed by atoms with Gasteiger partial charge in [-0.25, -0.2) is 0 Å². The van der Waals surface area contributed by atoms with Crippen molar-refractivity contribution in [2.24, 2.45) is 22.9 Å². The molecule has 3 unspecified atom stereocenters. The standard InChI is InChI=1S/C11H17NO/c1-2-11(12-13-5-1)10-7-8-3-4-9(10)6-8/h8-10H,1-7H2. The predicted octanol–water partition coefficient (Wildman–Crippen LogP) is 2.59. The fourth-order valence-corrected chi connectivity index (χ4v) is 3.40. The molecule has 0 N–H and O–H groups in total. The van der Waals surface area contributed by atoms with E-state index in [-0.39, 0.29) is 0 Å². The Kier molecular flexibility index (Phi) is 1.81. The molecule has 72 valence electrons. The summed E-state index contributed by atoms with van der Waals surface area (Å²) in [7, 11) is 0. The molecule has 0 radical (unpaired) electrons. The zero-order chi connectivity index (χ0) is 8.67. The van der Waals surface area contributed by atoms with Crippen LogP contribution in [0.4, 0.5) is 0 Å². The lowest BCUT2D eigenvalue weighted by molar-refractivity contribution is 0.126. The second-order valence-corrected chi connectivity index (χ2v) is 4.80. The van der Waals surface area contributed by atoms with Crippen LogP contribution in [-0.2, 0) is 4.84 Å². The van der Waals surface area contributed by atoms with Crippen molar-refractivity contribution >= 4 is 5.71 Å². The number of fused-ring (bicyclic) bond motifs is 2. The summed E-state index contributed by atoms with van der Waals surface area (Å²) in [6.07, 6.45) is 8.21. The van der Waals surface area contributed by atoms with E-state index in [9.17, 15) is 0 Å². The zero-order valence-corrected chi connectivity index (χ0v) is 8.04. The van der Waals surface area contributed by atoms with E-state index in [4.69, 9.17) is 4.84 Å². The summed E-state index contributed by atoms with van der Waals surface area (Å²) < 4.78 is 0. The number of nitrogens with zero attached hydrogens (tertiary/aromatic N) is 1. The van der Waals surface area contributed by atoms with Crippen LogP contribution in [0.15, 0.2) is 5.16 Å². The molecule has 1 heterocycles. The smallest absolute Gasteiger partial charge is 0.117 e. The molecular weight excluding hydrogens is 162 g/mol. The molecule has 13 heavy (non-hydrogen) atoms. The molecular formula is C11H17NO. The Morgan fingerprint density at radius 2 is 2.23 bits per heavy atom. The second kappa shape index (κ2) is 3.00. The Balaban J connectivity index is 1.75. The number of hydrogen-bond acceptors (Lipinski definition) is 2. The maximum Gasteiger partial charge on any atom is 0.117 e. The van der Waals surface area contributed by atoms with Gasteiger partial charge in [-0.2, -0.15) is 0 Å². The monoisotopic (exact) mass is 179 g/mol. The van der Waals surface area contributed by atoms with Gasteiger partial charge in [-0.3, -0.25) is 0 Å². The Labute approximate surface area is 79.3 Å². The summed E-state index contributed by atoms with van der Waals surface area (Å²) in [5.74, 6) is 2.80. The molecule has 0 spiro atoms. The summed E-state index contributed by atoms with van der Waals surface area (Å²) in [6.45, 7) is 0.838. The zero-order valence-electron chi connectivity index (χ0n) is 8.04. The van der Waals surface area contributed by atoms with Gasteiger partial charge in [-0.15, -0.1) is 0 Å². The first-order chi connectivity index (χ1) is 6.43. The fourth-order valence-electron chi connectivity index (χ4n) is 3.40. The summed E-state index contributed by atoms with van der Waals surface area (Å²) in [4.78, 5) is 5.19. The molecule has 3 atom stereocenters. The normalized spacial score (nSPS) is 43.1. The molecule has 0 aromatic carbocycles. The van der Waals surface area contributed by atoms with Gasteiger partial charge in [0, 0.05) is 5.92 Å². The van der Waals surface area contributed by atoms with Gasteiger partial charge >= 0.3 is 0 Å². The highest BCUT2D eigenvalue weighted by atomic mass is 16.6. The van der Waals surface area contributed by atoms with Crippen LogP contribution in [0.3, 0.4) is 0 Å². The van der Waals surface area contributed by atoms with Crippen molar-refractivity contribution in [2.45, 2.75) is 38.5 Å². The number of rotatable bonds is 1. The van der Waals surface area contributed by atoms with Crippen LogP contribution in [0.25, 0.3) is 0 Å². The first-order valence-corrected chi connectivity index (χ1v) is 5.62. The van der Waals surface area contributed by atoms with Gasteiger partial charge in [-0.05, 0) is 43.9 Å². The third-order valence-corrected chi connectivity index (χ3v) is 4.02. The SMILES string of the molecule is C1CON=C(C2CC3CCC2C3)C1. The van der Waals surface area contributed by atoms with E-state index >= 15 is 0 Å². The highest BCUT2D eigenvalue weighted by molar-refractivity contribution is 5.87. The molecule has 0 saturated heterocycles. The lowest BCUT2D eigenvalue weighted by atomic mass is 9.83. The quantitative estimate of drug-likeness (QED) is 0.606. The van der Waals surface area contributed by atoms with Crippen molar-refractivity contribution in [1.29, 1.82) is 0 Å². The Morgan fingerprint density at radius 3 is 2.85 bits per heavy atom. The summed E-state index contributed by atoms with van der Waals surface area (Å²) >= 11 is 0. The number of oxime groups is 1. The minimum absolute atomic E-state index is 0.805. The van der Waals surface area contributed by atoms with E-state index in [0.717, 1.165) is 24.4 Å². The van der Waals surface area contributed by atoms with Crippen LogP contribution in [0.5, 0.6) is 0 Å². The molecule has 2 heteroatoms. The molecule has 2 nitrogen and oxygen atoms in total. The minimum atomic E-state index is 0.805. The molecule has 0 aromatic rings. The van der Waals surface area contributed by atoms with Gasteiger partial charge in [0.2, 0.25) is 0 Å². The minimum Gasteiger partial charge on any atom is -0.396 e. The average Bonchev–Trinajstić information content (AvgIpc) is 2.80. The summed E-state index contributed by atoms with van der Waals surface area (Å²) in [5.41, 5.74) is 1.39. The van der Waals surface area contributed by atoms with Gasteiger partial charge in [0.25, 0.3) is 0 Å². The van der Waals surface area contributed by atoms with Gasteiger partial charge in [0.05, 0.1) is 5.71 Å². The molecule has 3 rings (SSSR count). The average molecular weight is 179 g/mol. The molecule has 3 aliphatic rings. The summed E-state index contributed by atoms with van der Waals surface area (Å²) in [5, 5.41) is 4.25. The Bertz CT molecular complexity index is 236. The van der Waals surface area contributed by atoms with Crippen molar-refractivity contribution in [3.8, 4) is 0 Å². The van der Waals surface area contributed by atoms with Gasteiger partial charge in [0.1, 0.15) is 6.61 Å². The van der Waals surface area contributed by atoms with E-state index in [0.29, 0.717) is 0 Å². The molecule has 0 amide bonds. The van der Waals surface area contributed by atoms with Gasteiger partial charge in [0.15, 0.2) is 0 Å². The van der Waals surface area contributed by atoms with E-state index in [1.54, 1.807) is 0 Å². The molecule has 2 aliphatic carbocycles. The maximum absolute atomic E-state index is 5.19. The number of hydrogen-bond donors (Lipinski definition) is 0. The topological polar surface area (TPSA) is 21.6 Å². The third-order valence-electron chi connectivity index (χ3n) is 4.02. The van der Waals surface area contributed by atoms with E-state index < -0.39 is 0 Å². The van der Waals surface area contributed by atoms with Crippen molar-refractivity contribution in [3.63, 3.8) is 0 Å². The third kappa shape index (κ3) is 1.27. The highest BCUT2D eigenvalue weighted by Crippen LogP contribution is 2.49. The van der Waals surface area contributed by atoms with Crippen LogP contribution in [0, 0.1) is 17.8 Å². The molecule has 2 fully saturated rings. The van der Waals surface area contributed by atoms with Gasteiger partial charge < -0.3 is 4.84 Å². The van der Waals surface area contributed by atoms with Crippen molar-refractivity contribution in [3.05, 3.63) is 0 Å². The Morgan fingerprint density at radius 1 is 1.23 bits per heavy atom. The first kappa shape index (κ1) is 7.84.